The van der Waals surface area contributed by atoms with Crippen LogP contribution in [0.4, 0.5) is 14.5 Å². The number of ether oxygens (including phenoxy) is 1. The molecule has 1 aromatic heterocycles. The normalized spacial score (nSPS) is 11.0. The Hall–Kier alpha value is -1.77. The predicted molar refractivity (Wildman–Crippen MR) is 111 cm³/mol. The van der Waals surface area contributed by atoms with Gasteiger partial charge in [0.2, 0.25) is 0 Å². The molecule has 0 radical (unpaired) electrons. The van der Waals surface area contributed by atoms with Crippen LogP contribution in [0.2, 0.25) is 0 Å². The average molecular weight is 415 g/mol. The Morgan fingerprint density at radius 2 is 1.93 bits per heavy atom. The Balaban J connectivity index is 2.01. The number of alkyl halides is 2. The van der Waals surface area contributed by atoms with Crippen molar-refractivity contribution < 1.29 is 18.4 Å². The van der Waals surface area contributed by atoms with Crippen LogP contribution >= 0.6 is 23.6 Å². The fraction of sp³-hybridized carbons (Fsp3) is 0.421. The first-order valence-electron chi connectivity index (χ1n) is 8.98. The molecule has 2 rings (SSSR count). The van der Waals surface area contributed by atoms with Gasteiger partial charge in [0.05, 0.1) is 32.7 Å². The second-order valence-electron chi connectivity index (χ2n) is 6.04. The largest absolute Gasteiger partial charge is 0.435 e. The summed E-state index contributed by atoms with van der Waals surface area (Å²) in [6.45, 7) is 6.29. The summed E-state index contributed by atoms with van der Waals surface area (Å²) in [6, 6.07) is 10.5. The van der Waals surface area contributed by atoms with E-state index in [2.05, 4.69) is 40.2 Å². The van der Waals surface area contributed by atoms with Crippen LogP contribution in [0.3, 0.4) is 0 Å². The van der Waals surface area contributed by atoms with Crippen LogP contribution in [0.25, 0.3) is 0 Å². The number of nitrogens with zero attached hydrogens (tertiary/aromatic N) is 1. The number of rotatable bonds is 10. The van der Waals surface area contributed by atoms with Crippen molar-refractivity contribution in [1.29, 1.82) is 0 Å². The summed E-state index contributed by atoms with van der Waals surface area (Å²) in [5.74, 6) is 0.127. The first-order chi connectivity index (χ1) is 13.0. The number of quaternary nitrogens is 1. The fourth-order valence-corrected chi connectivity index (χ4v) is 3.66. The van der Waals surface area contributed by atoms with Gasteiger partial charge < -0.3 is 19.9 Å². The zero-order valence-corrected chi connectivity index (χ0v) is 17.2. The predicted octanol–water partition coefficient (Wildman–Crippen LogP) is 3.47. The second-order valence-corrected chi connectivity index (χ2v) is 7.46. The number of likely N-dealkylation sites (N-methyl/N-ethyl adjacent to an activating group) is 1. The van der Waals surface area contributed by atoms with Gasteiger partial charge in [-0.25, -0.2) is 0 Å². The molecule has 0 bridgehead atoms. The first-order valence-corrected chi connectivity index (χ1v) is 10.3. The molecule has 0 unspecified atom stereocenters. The molecule has 0 saturated heterocycles. The van der Waals surface area contributed by atoms with E-state index in [1.165, 1.54) is 21.9 Å². The summed E-state index contributed by atoms with van der Waals surface area (Å²) in [7, 11) is 0. The van der Waals surface area contributed by atoms with E-state index < -0.39 is 6.61 Å². The Labute approximate surface area is 168 Å². The van der Waals surface area contributed by atoms with Crippen molar-refractivity contribution in [2.24, 2.45) is 0 Å². The van der Waals surface area contributed by atoms with Gasteiger partial charge in [0, 0.05) is 10.6 Å². The van der Waals surface area contributed by atoms with E-state index in [4.69, 9.17) is 12.2 Å². The van der Waals surface area contributed by atoms with Gasteiger partial charge in [-0.1, -0.05) is 6.07 Å². The standard InChI is InChI=1S/C19H25F2N3OS2/c1-3-23(4-2)11-12-24(14-17-6-5-13-27-17)19(26)22-15-7-9-16(10-8-15)25-18(20)21/h5-10,13,18H,3-4,11-12,14H2,1-2H3,(H,22,26)/p+1. The molecule has 0 amide bonds. The highest BCUT2D eigenvalue weighted by Gasteiger charge is 2.14. The summed E-state index contributed by atoms with van der Waals surface area (Å²) in [4.78, 5) is 4.91. The summed E-state index contributed by atoms with van der Waals surface area (Å²) in [5, 5.41) is 5.88. The van der Waals surface area contributed by atoms with E-state index in [0.717, 1.165) is 38.4 Å². The molecule has 8 heteroatoms. The number of anilines is 1. The highest BCUT2D eigenvalue weighted by atomic mass is 32.1. The highest BCUT2D eigenvalue weighted by molar-refractivity contribution is 7.80. The molecular weight excluding hydrogens is 388 g/mol. The maximum atomic E-state index is 12.3. The molecule has 0 spiro atoms. The molecule has 0 aliphatic carbocycles. The zero-order valence-electron chi connectivity index (χ0n) is 15.6. The third-order valence-corrected chi connectivity index (χ3v) is 5.50. The van der Waals surface area contributed by atoms with E-state index in [1.807, 2.05) is 6.07 Å². The summed E-state index contributed by atoms with van der Waals surface area (Å²) >= 11 is 7.32. The third-order valence-electron chi connectivity index (χ3n) is 4.28. The van der Waals surface area contributed by atoms with Gasteiger partial charge in [-0.05, 0) is 61.8 Å². The molecule has 27 heavy (non-hydrogen) atoms. The minimum atomic E-state index is -2.83. The van der Waals surface area contributed by atoms with Gasteiger partial charge in [0.1, 0.15) is 5.75 Å². The molecule has 0 aliphatic rings. The van der Waals surface area contributed by atoms with Crippen LogP contribution in [-0.2, 0) is 6.54 Å². The molecular formula is C19H26F2N3OS2+. The minimum Gasteiger partial charge on any atom is -0.435 e. The molecule has 0 aliphatic heterocycles. The number of benzene rings is 1. The lowest BCUT2D eigenvalue weighted by atomic mass is 10.3. The maximum absolute atomic E-state index is 12.3. The molecule has 148 valence electrons. The van der Waals surface area contributed by atoms with Gasteiger partial charge in [-0.3, -0.25) is 0 Å². The average Bonchev–Trinajstić information content (AvgIpc) is 3.16. The Morgan fingerprint density at radius 3 is 2.48 bits per heavy atom. The summed E-state index contributed by atoms with van der Waals surface area (Å²) in [6.07, 6.45) is 0. The van der Waals surface area contributed by atoms with Gasteiger partial charge >= 0.3 is 6.61 Å². The molecule has 2 aromatic rings. The van der Waals surface area contributed by atoms with Crippen molar-refractivity contribution in [1.82, 2.24) is 4.90 Å². The maximum Gasteiger partial charge on any atom is 0.387 e. The monoisotopic (exact) mass is 414 g/mol. The van der Waals surface area contributed by atoms with Crippen LogP contribution in [0.5, 0.6) is 5.75 Å². The molecule has 0 fully saturated rings. The molecule has 0 saturated carbocycles. The van der Waals surface area contributed by atoms with Crippen LogP contribution < -0.4 is 15.0 Å². The second kappa shape index (κ2) is 11.2. The Bertz CT molecular complexity index is 677. The van der Waals surface area contributed by atoms with E-state index >= 15 is 0 Å². The minimum absolute atomic E-state index is 0.127. The van der Waals surface area contributed by atoms with Crippen molar-refractivity contribution in [2.45, 2.75) is 27.0 Å². The SMILES string of the molecule is CC[NH+](CC)CCN(Cc1cccs1)C(=S)Nc1ccc(OC(F)F)cc1. The van der Waals surface area contributed by atoms with Crippen LogP contribution in [0, 0.1) is 0 Å². The molecule has 1 heterocycles. The lowest BCUT2D eigenvalue weighted by Crippen LogP contribution is -3.12. The summed E-state index contributed by atoms with van der Waals surface area (Å²) < 4.78 is 28.9. The Morgan fingerprint density at radius 1 is 1.22 bits per heavy atom. The number of nitrogens with one attached hydrogen (secondary N) is 2. The number of thiophene rings is 1. The molecule has 1 aromatic carbocycles. The lowest BCUT2D eigenvalue weighted by Gasteiger charge is -2.27. The Kier molecular flexibility index (Phi) is 8.90. The smallest absolute Gasteiger partial charge is 0.387 e. The lowest BCUT2D eigenvalue weighted by molar-refractivity contribution is -0.895. The number of thiocarbonyl (C=S) groups is 1. The van der Waals surface area contributed by atoms with Crippen molar-refractivity contribution in [3.05, 3.63) is 46.7 Å². The number of hydrogen-bond acceptors (Lipinski definition) is 3. The highest BCUT2D eigenvalue weighted by Crippen LogP contribution is 2.19. The van der Waals surface area contributed by atoms with E-state index in [-0.39, 0.29) is 5.75 Å². The van der Waals surface area contributed by atoms with Crippen LogP contribution in [0.15, 0.2) is 41.8 Å². The first kappa shape index (κ1) is 21.5. The fourth-order valence-electron chi connectivity index (χ4n) is 2.66. The molecule has 0 atom stereocenters. The number of halogens is 2. The molecule has 2 N–H and O–H groups in total. The van der Waals surface area contributed by atoms with Gasteiger partial charge in [0.15, 0.2) is 5.11 Å². The van der Waals surface area contributed by atoms with Gasteiger partial charge in [0.25, 0.3) is 0 Å². The van der Waals surface area contributed by atoms with Crippen molar-refractivity contribution in [2.75, 3.05) is 31.5 Å². The van der Waals surface area contributed by atoms with Gasteiger partial charge in [-0.15, -0.1) is 11.3 Å². The topological polar surface area (TPSA) is 28.9 Å². The molecule has 4 nitrogen and oxygen atoms in total. The third kappa shape index (κ3) is 7.40. The van der Waals surface area contributed by atoms with Crippen LogP contribution in [0.1, 0.15) is 18.7 Å². The van der Waals surface area contributed by atoms with E-state index in [1.54, 1.807) is 23.5 Å². The van der Waals surface area contributed by atoms with Crippen LogP contribution in [-0.4, -0.2) is 42.8 Å². The van der Waals surface area contributed by atoms with Gasteiger partial charge in [-0.2, -0.15) is 8.78 Å². The number of hydrogen-bond donors (Lipinski definition) is 2. The van der Waals surface area contributed by atoms with Crippen molar-refractivity contribution in [3.8, 4) is 5.75 Å². The quantitative estimate of drug-likeness (QED) is 0.583. The zero-order chi connectivity index (χ0) is 19.6. The summed E-state index contributed by atoms with van der Waals surface area (Å²) in [5.41, 5.74) is 0.744. The van der Waals surface area contributed by atoms with Crippen molar-refractivity contribution >= 4 is 34.4 Å². The van der Waals surface area contributed by atoms with E-state index in [0.29, 0.717) is 5.11 Å². The van der Waals surface area contributed by atoms with Crippen molar-refractivity contribution in [3.63, 3.8) is 0 Å². The van der Waals surface area contributed by atoms with E-state index in [9.17, 15) is 8.78 Å².